The first-order valence-electron chi connectivity index (χ1n) is 5.67. The van der Waals surface area contributed by atoms with E-state index in [1.165, 1.54) is 12.8 Å². The van der Waals surface area contributed by atoms with E-state index in [9.17, 15) is 0 Å². The van der Waals surface area contributed by atoms with Crippen molar-refractivity contribution in [3.63, 3.8) is 0 Å². The Hall–Kier alpha value is -1.13. The number of ether oxygens (including phenoxy) is 2. The van der Waals surface area contributed by atoms with Gasteiger partial charge >= 0.3 is 0 Å². The highest BCUT2D eigenvalue weighted by Crippen LogP contribution is 2.18. The maximum Gasteiger partial charge on any atom is 0.138 e. The highest BCUT2D eigenvalue weighted by atomic mass is 16.5. The van der Waals surface area contributed by atoms with Gasteiger partial charge in [-0.25, -0.2) is 0 Å². The number of nitrogens with one attached hydrogen (secondary N) is 1. The molecule has 1 aromatic heterocycles. The number of pyridine rings is 1. The molecular formula is C12H18N2O2. The van der Waals surface area contributed by atoms with E-state index in [0.29, 0.717) is 12.6 Å². The monoisotopic (exact) mass is 222 g/mol. The Kier molecular flexibility index (Phi) is 4.13. The summed E-state index contributed by atoms with van der Waals surface area (Å²) in [5.74, 6) is 0.794. The highest BCUT2D eigenvalue weighted by Gasteiger charge is 2.22. The van der Waals surface area contributed by atoms with Crippen molar-refractivity contribution in [2.45, 2.75) is 25.0 Å². The van der Waals surface area contributed by atoms with Gasteiger partial charge in [0, 0.05) is 25.9 Å². The smallest absolute Gasteiger partial charge is 0.138 e. The van der Waals surface area contributed by atoms with Crippen LogP contribution >= 0.6 is 0 Å². The van der Waals surface area contributed by atoms with E-state index < -0.39 is 0 Å². The molecule has 0 radical (unpaired) electrons. The molecule has 1 N–H and O–H groups in total. The van der Waals surface area contributed by atoms with Crippen molar-refractivity contribution in [3.05, 3.63) is 24.5 Å². The normalized spacial score (nSPS) is 17.1. The van der Waals surface area contributed by atoms with Crippen LogP contribution in [0.5, 0.6) is 5.75 Å². The van der Waals surface area contributed by atoms with Gasteiger partial charge in [0.05, 0.1) is 12.8 Å². The Morgan fingerprint density at radius 1 is 1.56 bits per heavy atom. The van der Waals surface area contributed by atoms with Gasteiger partial charge in [0.25, 0.3) is 0 Å². The first-order chi connectivity index (χ1) is 7.88. The van der Waals surface area contributed by atoms with Crippen LogP contribution in [0.2, 0.25) is 0 Å². The average Bonchev–Trinajstić information content (AvgIpc) is 3.11. The molecule has 1 saturated carbocycles. The molecule has 0 bridgehead atoms. The lowest BCUT2D eigenvalue weighted by Crippen LogP contribution is -2.35. The Morgan fingerprint density at radius 2 is 2.44 bits per heavy atom. The zero-order valence-corrected chi connectivity index (χ0v) is 9.56. The van der Waals surface area contributed by atoms with Gasteiger partial charge in [-0.2, -0.15) is 0 Å². The molecular weight excluding hydrogens is 204 g/mol. The molecule has 1 fully saturated rings. The fourth-order valence-electron chi connectivity index (χ4n) is 1.52. The maximum absolute atomic E-state index is 5.78. The van der Waals surface area contributed by atoms with Crippen LogP contribution in [0.25, 0.3) is 0 Å². The molecule has 16 heavy (non-hydrogen) atoms. The molecule has 0 amide bonds. The minimum atomic E-state index is 0.0507. The summed E-state index contributed by atoms with van der Waals surface area (Å²) in [6.45, 7) is 1.42. The van der Waals surface area contributed by atoms with Crippen molar-refractivity contribution < 1.29 is 9.47 Å². The number of methoxy groups -OCH3 is 1. The Morgan fingerprint density at radius 3 is 3.06 bits per heavy atom. The zero-order chi connectivity index (χ0) is 11.2. The minimum Gasteiger partial charge on any atom is -0.485 e. The first kappa shape index (κ1) is 11.4. The third kappa shape index (κ3) is 3.79. The summed E-state index contributed by atoms with van der Waals surface area (Å²) in [4.78, 5) is 4.02. The first-order valence-corrected chi connectivity index (χ1v) is 5.67. The van der Waals surface area contributed by atoms with Crippen LogP contribution in [-0.2, 0) is 4.74 Å². The second kappa shape index (κ2) is 5.82. The molecule has 88 valence electrons. The average molecular weight is 222 g/mol. The minimum absolute atomic E-state index is 0.0507. The van der Waals surface area contributed by atoms with Gasteiger partial charge in [0.1, 0.15) is 11.9 Å². The molecule has 0 saturated heterocycles. The Bertz CT molecular complexity index is 301. The van der Waals surface area contributed by atoms with Gasteiger partial charge in [0.15, 0.2) is 0 Å². The highest BCUT2D eigenvalue weighted by molar-refractivity contribution is 5.15. The molecule has 2 rings (SSSR count). The molecule has 0 aliphatic heterocycles. The van der Waals surface area contributed by atoms with Gasteiger partial charge < -0.3 is 14.8 Å². The van der Waals surface area contributed by atoms with Crippen LogP contribution in [0.15, 0.2) is 24.5 Å². The number of rotatable bonds is 7. The van der Waals surface area contributed by atoms with Gasteiger partial charge in [0.2, 0.25) is 0 Å². The van der Waals surface area contributed by atoms with Gasteiger partial charge in [-0.1, -0.05) is 0 Å². The van der Waals surface area contributed by atoms with Crippen molar-refractivity contribution >= 4 is 0 Å². The fraction of sp³-hybridized carbons (Fsp3) is 0.583. The summed E-state index contributed by atoms with van der Waals surface area (Å²) in [5.41, 5.74) is 0. The third-order valence-corrected chi connectivity index (χ3v) is 2.50. The van der Waals surface area contributed by atoms with Crippen molar-refractivity contribution in [1.29, 1.82) is 0 Å². The van der Waals surface area contributed by atoms with Gasteiger partial charge in [-0.3, -0.25) is 4.98 Å². The topological polar surface area (TPSA) is 43.4 Å². The van der Waals surface area contributed by atoms with Crippen LogP contribution < -0.4 is 10.1 Å². The molecule has 1 aliphatic carbocycles. The maximum atomic E-state index is 5.78. The van der Waals surface area contributed by atoms with E-state index >= 15 is 0 Å². The predicted molar refractivity (Wildman–Crippen MR) is 61.6 cm³/mol. The van der Waals surface area contributed by atoms with Gasteiger partial charge in [-0.15, -0.1) is 0 Å². The summed E-state index contributed by atoms with van der Waals surface area (Å²) in [6.07, 6.45) is 6.08. The Balaban J connectivity index is 1.80. The van der Waals surface area contributed by atoms with E-state index in [4.69, 9.17) is 9.47 Å². The van der Waals surface area contributed by atoms with Crippen LogP contribution in [0, 0.1) is 0 Å². The summed E-state index contributed by atoms with van der Waals surface area (Å²) in [5, 5.41) is 3.44. The standard InChI is InChI=1S/C12H18N2O2/c1-15-9-12(8-14-10-4-5-10)16-11-3-2-6-13-7-11/h2-3,6-7,10,12,14H,4-5,8-9H2,1H3. The number of hydrogen-bond acceptors (Lipinski definition) is 4. The zero-order valence-electron chi connectivity index (χ0n) is 9.56. The molecule has 4 nitrogen and oxygen atoms in total. The second-order valence-corrected chi connectivity index (χ2v) is 4.07. The van der Waals surface area contributed by atoms with Crippen LogP contribution in [-0.4, -0.2) is 37.4 Å². The SMILES string of the molecule is COCC(CNC1CC1)Oc1cccnc1. The lowest BCUT2D eigenvalue weighted by atomic mass is 10.3. The van der Waals surface area contributed by atoms with Crippen molar-refractivity contribution in [3.8, 4) is 5.75 Å². The summed E-state index contributed by atoms with van der Waals surface area (Å²) in [7, 11) is 1.69. The van der Waals surface area contributed by atoms with E-state index in [1.807, 2.05) is 12.1 Å². The molecule has 1 heterocycles. The Labute approximate surface area is 96.0 Å². The van der Waals surface area contributed by atoms with Crippen molar-refractivity contribution in [2.24, 2.45) is 0 Å². The van der Waals surface area contributed by atoms with Gasteiger partial charge in [-0.05, 0) is 25.0 Å². The molecule has 1 unspecified atom stereocenters. The molecule has 1 aromatic rings. The van der Waals surface area contributed by atoms with E-state index in [0.717, 1.165) is 12.3 Å². The molecule has 1 aliphatic rings. The summed E-state index contributed by atoms with van der Waals surface area (Å²) >= 11 is 0. The molecule has 4 heteroatoms. The summed E-state index contributed by atoms with van der Waals surface area (Å²) < 4.78 is 10.9. The van der Waals surface area contributed by atoms with E-state index in [1.54, 1.807) is 19.5 Å². The third-order valence-electron chi connectivity index (χ3n) is 2.50. The van der Waals surface area contributed by atoms with E-state index in [2.05, 4.69) is 10.3 Å². The molecule has 0 spiro atoms. The lowest BCUT2D eigenvalue weighted by Gasteiger charge is -2.18. The van der Waals surface area contributed by atoms with Crippen LogP contribution in [0.4, 0.5) is 0 Å². The fourth-order valence-corrected chi connectivity index (χ4v) is 1.52. The number of nitrogens with zero attached hydrogens (tertiary/aromatic N) is 1. The predicted octanol–water partition coefficient (Wildman–Crippen LogP) is 1.23. The van der Waals surface area contributed by atoms with Crippen LogP contribution in [0.1, 0.15) is 12.8 Å². The lowest BCUT2D eigenvalue weighted by molar-refractivity contribution is 0.0801. The molecule has 1 atom stereocenters. The number of aromatic nitrogens is 1. The largest absolute Gasteiger partial charge is 0.485 e. The molecule has 0 aromatic carbocycles. The summed E-state index contributed by atoms with van der Waals surface area (Å²) in [6, 6.07) is 4.47. The van der Waals surface area contributed by atoms with Crippen LogP contribution in [0.3, 0.4) is 0 Å². The quantitative estimate of drug-likeness (QED) is 0.753. The van der Waals surface area contributed by atoms with Crippen molar-refractivity contribution in [2.75, 3.05) is 20.3 Å². The number of hydrogen-bond donors (Lipinski definition) is 1. The van der Waals surface area contributed by atoms with Crippen molar-refractivity contribution in [1.82, 2.24) is 10.3 Å². The van der Waals surface area contributed by atoms with E-state index in [-0.39, 0.29) is 6.10 Å². The second-order valence-electron chi connectivity index (χ2n) is 4.07.